The van der Waals surface area contributed by atoms with Crippen molar-refractivity contribution in [3.63, 3.8) is 0 Å². The molecule has 3 rings (SSSR count). The predicted octanol–water partition coefficient (Wildman–Crippen LogP) is 6.50. The third kappa shape index (κ3) is 7.77. The number of nitrogens with zero attached hydrogens (tertiary/aromatic N) is 2. The molecule has 1 amide bonds. The summed E-state index contributed by atoms with van der Waals surface area (Å²) in [4.78, 5) is 38.6. The second-order valence-corrected chi connectivity index (χ2v) is 12.8. The van der Waals surface area contributed by atoms with Gasteiger partial charge in [0.05, 0.1) is 17.0 Å². The number of rotatable bonds is 7. The van der Waals surface area contributed by atoms with Crippen LogP contribution in [0.25, 0.3) is 11.3 Å². The van der Waals surface area contributed by atoms with Crippen LogP contribution in [0.4, 0.5) is 18.0 Å². The van der Waals surface area contributed by atoms with E-state index in [1.165, 1.54) is 12.1 Å². The number of hydrogen-bond donors (Lipinski definition) is 2. The van der Waals surface area contributed by atoms with Crippen molar-refractivity contribution in [1.29, 1.82) is 0 Å². The Morgan fingerprint density at radius 3 is 2.29 bits per heavy atom. The molecule has 1 aliphatic rings. The predicted molar refractivity (Wildman–Crippen MR) is 147 cm³/mol. The number of alkyl carbamates (subject to hydrolysis) is 1. The Morgan fingerprint density at radius 1 is 1.05 bits per heavy atom. The number of fused-ring (bicyclic) bond motifs is 1. The first-order chi connectivity index (χ1) is 19.2. The van der Waals surface area contributed by atoms with Crippen molar-refractivity contribution in [3.8, 4) is 11.3 Å². The monoisotopic (exact) mass is 593 g/mol. The average molecular weight is 594 g/mol. The van der Waals surface area contributed by atoms with Crippen molar-refractivity contribution in [2.24, 2.45) is 11.3 Å². The van der Waals surface area contributed by atoms with Gasteiger partial charge in [0.15, 0.2) is 0 Å². The SMILES string of the molecule is CC1Cc2nnc(-c3cccc(C(F)(F)F)c3)cc2C(OC(=O)C(CCC(=O)O)(NC(=O)OC(C)(C)C)C(C)(C)C)C1. The minimum Gasteiger partial charge on any atom is -0.481 e. The van der Waals surface area contributed by atoms with Crippen LogP contribution < -0.4 is 5.32 Å². The fourth-order valence-electron chi connectivity index (χ4n) is 4.97. The molecule has 1 heterocycles. The van der Waals surface area contributed by atoms with E-state index >= 15 is 0 Å². The van der Waals surface area contributed by atoms with Gasteiger partial charge in [-0.25, -0.2) is 9.59 Å². The number of carboxylic acids is 1. The third-order valence-corrected chi connectivity index (χ3v) is 7.20. The molecule has 3 atom stereocenters. The fourth-order valence-corrected chi connectivity index (χ4v) is 4.97. The van der Waals surface area contributed by atoms with Crippen molar-refractivity contribution in [1.82, 2.24) is 15.5 Å². The molecule has 2 N–H and O–H groups in total. The number of hydrogen-bond acceptors (Lipinski definition) is 7. The lowest BCUT2D eigenvalue weighted by atomic mass is 9.70. The number of carbonyl (C=O) groups is 3. The van der Waals surface area contributed by atoms with Gasteiger partial charge >= 0.3 is 24.2 Å². The number of ether oxygens (including phenoxy) is 2. The maximum absolute atomic E-state index is 14.1. The molecule has 0 aliphatic heterocycles. The molecule has 0 saturated carbocycles. The summed E-state index contributed by atoms with van der Waals surface area (Å²) in [5, 5.41) is 20.5. The van der Waals surface area contributed by atoms with Crippen LogP contribution in [-0.4, -0.2) is 44.5 Å². The van der Waals surface area contributed by atoms with E-state index in [9.17, 15) is 32.7 Å². The molecule has 230 valence electrons. The molecule has 0 saturated heterocycles. The Morgan fingerprint density at radius 2 is 1.71 bits per heavy atom. The van der Waals surface area contributed by atoms with Crippen molar-refractivity contribution in [3.05, 3.63) is 47.2 Å². The lowest BCUT2D eigenvalue weighted by Crippen LogP contribution is -2.63. The zero-order valence-electron chi connectivity index (χ0n) is 24.9. The molecule has 3 unspecified atom stereocenters. The molecular formula is C30H38F3N3O6. The van der Waals surface area contributed by atoms with Gasteiger partial charge in [0.2, 0.25) is 0 Å². The van der Waals surface area contributed by atoms with E-state index in [0.29, 0.717) is 24.1 Å². The Bertz CT molecular complexity index is 1330. The zero-order valence-corrected chi connectivity index (χ0v) is 24.9. The molecule has 1 aromatic carbocycles. The van der Waals surface area contributed by atoms with Crippen LogP contribution in [0.15, 0.2) is 30.3 Å². The largest absolute Gasteiger partial charge is 0.481 e. The van der Waals surface area contributed by atoms with Crippen LogP contribution in [0.2, 0.25) is 0 Å². The van der Waals surface area contributed by atoms with Crippen molar-refractivity contribution >= 4 is 18.0 Å². The number of aliphatic carboxylic acids is 1. The van der Waals surface area contributed by atoms with E-state index in [1.54, 1.807) is 47.6 Å². The van der Waals surface area contributed by atoms with Gasteiger partial charge < -0.3 is 19.9 Å². The number of carboxylic acid groups (broad SMARTS) is 1. The number of nitrogens with one attached hydrogen (secondary N) is 1. The number of esters is 1. The smallest absolute Gasteiger partial charge is 0.416 e. The van der Waals surface area contributed by atoms with E-state index in [1.807, 2.05) is 6.92 Å². The fraction of sp³-hybridized carbons (Fsp3) is 0.567. The van der Waals surface area contributed by atoms with Gasteiger partial charge in [0.1, 0.15) is 17.2 Å². The highest BCUT2D eigenvalue weighted by atomic mass is 19.4. The third-order valence-electron chi connectivity index (χ3n) is 7.20. The van der Waals surface area contributed by atoms with E-state index in [2.05, 4.69) is 15.5 Å². The second-order valence-electron chi connectivity index (χ2n) is 12.8. The molecule has 0 bridgehead atoms. The quantitative estimate of drug-likeness (QED) is 0.348. The first-order valence-corrected chi connectivity index (χ1v) is 13.7. The molecule has 42 heavy (non-hydrogen) atoms. The Kier molecular flexibility index (Phi) is 9.29. The van der Waals surface area contributed by atoms with Crippen molar-refractivity contribution < 1.29 is 42.1 Å². The van der Waals surface area contributed by atoms with Gasteiger partial charge in [-0.2, -0.15) is 23.4 Å². The minimum absolute atomic E-state index is 0.0193. The maximum Gasteiger partial charge on any atom is 0.416 e. The molecule has 0 radical (unpaired) electrons. The van der Waals surface area contributed by atoms with E-state index in [4.69, 9.17) is 9.47 Å². The summed E-state index contributed by atoms with van der Waals surface area (Å²) in [6, 6.07) is 6.27. The highest BCUT2D eigenvalue weighted by Gasteiger charge is 2.53. The maximum atomic E-state index is 14.1. The highest BCUT2D eigenvalue weighted by Crippen LogP contribution is 2.41. The van der Waals surface area contributed by atoms with E-state index in [0.717, 1.165) is 12.1 Å². The molecule has 1 aliphatic carbocycles. The summed E-state index contributed by atoms with van der Waals surface area (Å²) >= 11 is 0. The van der Waals surface area contributed by atoms with Crippen LogP contribution in [0, 0.1) is 11.3 Å². The molecule has 2 aromatic rings. The number of halogens is 3. The molecule has 9 nitrogen and oxygen atoms in total. The van der Waals surface area contributed by atoms with Crippen LogP contribution in [0.5, 0.6) is 0 Å². The van der Waals surface area contributed by atoms with Gasteiger partial charge in [-0.15, -0.1) is 0 Å². The Hall–Kier alpha value is -3.70. The Labute approximate surface area is 243 Å². The summed E-state index contributed by atoms with van der Waals surface area (Å²) in [5.41, 5.74) is -3.14. The van der Waals surface area contributed by atoms with Gasteiger partial charge in [-0.05, 0) is 69.6 Å². The first kappa shape index (κ1) is 32.8. The lowest BCUT2D eigenvalue weighted by molar-refractivity contribution is -0.165. The second kappa shape index (κ2) is 11.9. The molecule has 0 spiro atoms. The molecule has 0 fully saturated rings. The summed E-state index contributed by atoms with van der Waals surface area (Å²) in [6.45, 7) is 12.0. The molecule has 1 aromatic heterocycles. The van der Waals surface area contributed by atoms with Crippen LogP contribution >= 0.6 is 0 Å². The van der Waals surface area contributed by atoms with Crippen LogP contribution in [-0.2, 0) is 31.7 Å². The highest BCUT2D eigenvalue weighted by molar-refractivity contribution is 5.87. The topological polar surface area (TPSA) is 128 Å². The van der Waals surface area contributed by atoms with Gasteiger partial charge in [-0.1, -0.05) is 39.8 Å². The summed E-state index contributed by atoms with van der Waals surface area (Å²) in [5.74, 6) is -2.00. The summed E-state index contributed by atoms with van der Waals surface area (Å²) < 4.78 is 51.5. The normalized spacial score (nSPS) is 18.8. The van der Waals surface area contributed by atoms with Gasteiger partial charge in [0, 0.05) is 17.5 Å². The standard InChI is InChI=1S/C30H38F3N3O6/c1-17-13-22-20(16-21(35-36-22)18-9-8-10-19(15-18)30(31,32)33)23(14-17)41-25(39)29(27(2,3)4,12-11-24(37)38)34-26(40)42-28(5,6)7/h8-10,15-17,23H,11-14H2,1-7H3,(H,34,40)(H,37,38). The van der Waals surface area contributed by atoms with E-state index in [-0.39, 0.29) is 23.6 Å². The number of carbonyl (C=O) groups excluding carboxylic acids is 2. The summed E-state index contributed by atoms with van der Waals surface area (Å²) in [7, 11) is 0. The summed E-state index contributed by atoms with van der Waals surface area (Å²) in [6.07, 6.45) is -6.15. The Balaban J connectivity index is 2.04. The number of aromatic nitrogens is 2. The molecule has 12 heteroatoms. The van der Waals surface area contributed by atoms with Crippen molar-refractivity contribution in [2.45, 2.75) is 97.6 Å². The first-order valence-electron chi connectivity index (χ1n) is 13.7. The van der Waals surface area contributed by atoms with Crippen LogP contribution in [0.3, 0.4) is 0 Å². The van der Waals surface area contributed by atoms with Crippen LogP contribution in [0.1, 0.15) is 90.7 Å². The number of amides is 1. The lowest BCUT2D eigenvalue weighted by Gasteiger charge is -2.44. The van der Waals surface area contributed by atoms with E-state index < -0.39 is 58.9 Å². The van der Waals surface area contributed by atoms with Gasteiger partial charge in [0.25, 0.3) is 0 Å². The number of benzene rings is 1. The molecular weight excluding hydrogens is 555 g/mol. The minimum atomic E-state index is -4.54. The zero-order chi connectivity index (χ0) is 31.7. The average Bonchev–Trinajstić information content (AvgIpc) is 2.83. The van der Waals surface area contributed by atoms with Gasteiger partial charge in [-0.3, -0.25) is 4.79 Å². The van der Waals surface area contributed by atoms with Crippen molar-refractivity contribution in [2.75, 3.05) is 0 Å². The number of alkyl halides is 3.